The van der Waals surface area contributed by atoms with Crippen molar-refractivity contribution in [3.05, 3.63) is 30.0 Å². The van der Waals surface area contributed by atoms with Crippen LogP contribution in [-0.4, -0.2) is 25.7 Å². The van der Waals surface area contributed by atoms with Crippen molar-refractivity contribution in [1.82, 2.24) is 5.32 Å². The molecule has 3 heteroatoms. The van der Waals surface area contributed by atoms with Crippen LogP contribution in [0.5, 0.6) is 0 Å². The minimum absolute atomic E-state index is 0.569. The molecule has 0 unspecified atom stereocenters. The van der Waals surface area contributed by atoms with Crippen molar-refractivity contribution in [3.63, 3.8) is 0 Å². The van der Waals surface area contributed by atoms with Crippen LogP contribution in [0, 0.1) is 6.20 Å². The van der Waals surface area contributed by atoms with Crippen LogP contribution < -0.4 is 15.5 Å². The number of benzene rings is 1. The molecule has 1 saturated heterocycles. The Hall–Kier alpha value is -1.57. The minimum Gasteiger partial charge on any atom is -0.368 e. The van der Waals surface area contributed by atoms with E-state index in [-0.39, 0.29) is 0 Å². The van der Waals surface area contributed by atoms with Gasteiger partial charge in [-0.1, -0.05) is 0 Å². The third-order valence-electron chi connectivity index (χ3n) is 3.21. The molecule has 0 aliphatic carbocycles. The molecule has 0 radical (unpaired) electrons. The molecule has 0 bridgehead atoms. The summed E-state index contributed by atoms with van der Waals surface area (Å²) in [5.74, 6) is 0. The van der Waals surface area contributed by atoms with Gasteiger partial charge in [0.25, 0.3) is 0 Å². The molecule has 0 spiro atoms. The Morgan fingerprint density at radius 1 is 1.44 bits per heavy atom. The molecule has 16 heavy (non-hydrogen) atoms. The molecule has 1 aromatic carbocycles. The summed E-state index contributed by atoms with van der Waals surface area (Å²) in [6.45, 7) is 5.46. The van der Waals surface area contributed by atoms with E-state index in [0.717, 1.165) is 19.6 Å². The van der Waals surface area contributed by atoms with Gasteiger partial charge in [-0.2, -0.15) is 5.32 Å². The lowest BCUT2D eigenvalue weighted by Gasteiger charge is -2.33. The standard InChI is InChI=1S/C13H16N3/c1-10-9-16(7-6-14-10)12-3-2-11-4-5-15-13(11)8-12/h2-4,8,10,14-15H,6-7,9H2,1H3/q+1/t10-/m1/s1. The first kappa shape index (κ1) is 9.64. The molecular formula is C13H16N3+. The van der Waals surface area contributed by atoms with E-state index in [0.29, 0.717) is 6.04 Å². The van der Waals surface area contributed by atoms with E-state index < -0.39 is 0 Å². The molecule has 2 N–H and O–H groups in total. The fourth-order valence-corrected chi connectivity index (χ4v) is 2.33. The second-order valence-corrected chi connectivity index (χ2v) is 4.49. The topological polar surface area (TPSA) is 27.3 Å². The van der Waals surface area contributed by atoms with E-state index in [1.165, 1.54) is 16.9 Å². The number of nitrogens with one attached hydrogen (secondary N) is 2. The zero-order chi connectivity index (χ0) is 11.0. The zero-order valence-corrected chi connectivity index (χ0v) is 9.46. The van der Waals surface area contributed by atoms with Crippen LogP contribution in [0.2, 0.25) is 0 Å². The summed E-state index contributed by atoms with van der Waals surface area (Å²) in [7, 11) is 0. The Kier molecular flexibility index (Phi) is 2.28. The highest BCUT2D eigenvalue weighted by Crippen LogP contribution is 2.28. The number of anilines is 2. The highest BCUT2D eigenvalue weighted by molar-refractivity contribution is 5.76. The number of piperazine rings is 1. The first-order chi connectivity index (χ1) is 7.83. The molecule has 0 amide bonds. The summed E-state index contributed by atoms with van der Waals surface area (Å²) in [4.78, 5) is 2.43. The lowest BCUT2D eigenvalue weighted by atomic mass is 10.1. The van der Waals surface area contributed by atoms with Gasteiger partial charge in [-0.05, 0) is 13.0 Å². The van der Waals surface area contributed by atoms with Crippen LogP contribution in [0.3, 0.4) is 0 Å². The van der Waals surface area contributed by atoms with Crippen LogP contribution in [0.1, 0.15) is 12.5 Å². The highest BCUT2D eigenvalue weighted by atomic mass is 15.2. The molecule has 82 valence electrons. The van der Waals surface area contributed by atoms with Crippen LogP contribution in [0.15, 0.2) is 18.2 Å². The van der Waals surface area contributed by atoms with Crippen molar-refractivity contribution >= 4 is 17.5 Å². The van der Waals surface area contributed by atoms with Gasteiger partial charge < -0.3 is 10.2 Å². The van der Waals surface area contributed by atoms with Gasteiger partial charge in [0.2, 0.25) is 0 Å². The van der Waals surface area contributed by atoms with Gasteiger partial charge in [0.15, 0.2) is 11.3 Å². The normalized spacial score (nSPS) is 22.6. The average molecular weight is 214 g/mol. The van der Waals surface area contributed by atoms with E-state index >= 15 is 0 Å². The smallest absolute Gasteiger partial charge is 0.200 e. The van der Waals surface area contributed by atoms with Crippen molar-refractivity contribution < 1.29 is 0 Å². The van der Waals surface area contributed by atoms with Crippen LogP contribution in [-0.2, 0) is 0 Å². The quantitative estimate of drug-likeness (QED) is 0.697. The Morgan fingerprint density at radius 2 is 2.38 bits per heavy atom. The molecule has 0 aromatic heterocycles. The van der Waals surface area contributed by atoms with Crippen molar-refractivity contribution in [2.75, 3.05) is 29.9 Å². The maximum Gasteiger partial charge on any atom is 0.200 e. The molecule has 0 saturated carbocycles. The number of hydrogen-bond acceptors (Lipinski definition) is 3. The maximum atomic E-state index is 3.46. The van der Waals surface area contributed by atoms with Crippen molar-refractivity contribution in [2.45, 2.75) is 13.0 Å². The lowest BCUT2D eigenvalue weighted by Crippen LogP contribution is -2.49. The van der Waals surface area contributed by atoms with Crippen molar-refractivity contribution in [3.8, 4) is 0 Å². The van der Waals surface area contributed by atoms with Gasteiger partial charge in [0, 0.05) is 31.7 Å². The molecule has 1 aromatic rings. The average Bonchev–Trinajstić information content (AvgIpc) is 2.75. The molecule has 3 nitrogen and oxygen atoms in total. The lowest BCUT2D eigenvalue weighted by molar-refractivity contribution is 0.485. The molecule has 1 atom stereocenters. The number of nitrogens with zero attached hydrogens (tertiary/aromatic N) is 1. The summed E-state index contributed by atoms with van der Waals surface area (Å²) in [6.07, 6.45) is 5.01. The Morgan fingerprint density at radius 3 is 3.25 bits per heavy atom. The Labute approximate surface area is 96.1 Å². The Bertz CT molecular complexity index is 425. The van der Waals surface area contributed by atoms with Gasteiger partial charge in [-0.15, -0.1) is 0 Å². The third kappa shape index (κ3) is 1.64. The molecule has 2 heterocycles. The SMILES string of the molecule is C[C@@H]1CN(c2ccc3c(c2)N[C+]=C3)CCN1. The van der Waals surface area contributed by atoms with Crippen molar-refractivity contribution in [2.24, 2.45) is 0 Å². The number of rotatable bonds is 1. The van der Waals surface area contributed by atoms with E-state index in [1.807, 2.05) is 6.08 Å². The largest absolute Gasteiger partial charge is 0.368 e. The number of fused-ring (bicyclic) bond motifs is 1. The fraction of sp³-hybridized carbons (Fsp3) is 0.385. The maximum absolute atomic E-state index is 3.46. The second kappa shape index (κ2) is 3.78. The van der Waals surface area contributed by atoms with Crippen LogP contribution >= 0.6 is 0 Å². The predicted molar refractivity (Wildman–Crippen MR) is 67.4 cm³/mol. The first-order valence-electron chi connectivity index (χ1n) is 5.80. The van der Waals surface area contributed by atoms with Gasteiger partial charge >= 0.3 is 0 Å². The molecule has 2 aliphatic rings. The van der Waals surface area contributed by atoms with E-state index in [9.17, 15) is 0 Å². The van der Waals surface area contributed by atoms with E-state index in [4.69, 9.17) is 0 Å². The summed E-state index contributed by atoms with van der Waals surface area (Å²) in [5.41, 5.74) is 3.70. The summed E-state index contributed by atoms with van der Waals surface area (Å²) in [5, 5.41) is 6.60. The molecular weight excluding hydrogens is 198 g/mol. The number of hydrogen-bond donors (Lipinski definition) is 2. The highest BCUT2D eigenvalue weighted by Gasteiger charge is 2.21. The van der Waals surface area contributed by atoms with Gasteiger partial charge in [-0.25, -0.2) is 0 Å². The molecule has 3 rings (SSSR count). The first-order valence-corrected chi connectivity index (χ1v) is 5.80. The van der Waals surface area contributed by atoms with E-state index in [1.54, 1.807) is 0 Å². The van der Waals surface area contributed by atoms with Crippen molar-refractivity contribution in [1.29, 1.82) is 0 Å². The van der Waals surface area contributed by atoms with E-state index in [2.05, 4.69) is 46.9 Å². The fourth-order valence-electron chi connectivity index (χ4n) is 2.33. The summed E-state index contributed by atoms with van der Waals surface area (Å²) < 4.78 is 0. The zero-order valence-electron chi connectivity index (χ0n) is 9.46. The predicted octanol–water partition coefficient (Wildman–Crippen LogP) is 1.68. The van der Waals surface area contributed by atoms with Gasteiger partial charge in [-0.3, -0.25) is 0 Å². The Balaban J connectivity index is 1.84. The molecule has 1 fully saturated rings. The summed E-state index contributed by atoms with van der Waals surface area (Å²) in [6, 6.07) is 7.13. The van der Waals surface area contributed by atoms with Crippen LogP contribution in [0.4, 0.5) is 11.4 Å². The molecule has 2 aliphatic heterocycles. The van der Waals surface area contributed by atoms with Gasteiger partial charge in [0.1, 0.15) is 12.3 Å². The van der Waals surface area contributed by atoms with Crippen LogP contribution in [0.25, 0.3) is 6.08 Å². The monoisotopic (exact) mass is 214 g/mol. The summed E-state index contributed by atoms with van der Waals surface area (Å²) >= 11 is 0. The van der Waals surface area contributed by atoms with Gasteiger partial charge in [0.05, 0.1) is 11.8 Å². The minimum atomic E-state index is 0.569. The second-order valence-electron chi connectivity index (χ2n) is 4.49. The third-order valence-corrected chi connectivity index (χ3v) is 3.21.